The summed E-state index contributed by atoms with van der Waals surface area (Å²) >= 11 is 1.68. The van der Waals surface area contributed by atoms with E-state index in [1.165, 1.54) is 4.70 Å². The fourth-order valence-electron chi connectivity index (χ4n) is 1.23. The van der Waals surface area contributed by atoms with E-state index >= 15 is 0 Å². The molecule has 0 bridgehead atoms. The van der Waals surface area contributed by atoms with E-state index in [2.05, 4.69) is 11.1 Å². The molecule has 0 fully saturated rings. The number of aromatic nitrogens is 1. The third-order valence-corrected chi connectivity index (χ3v) is 4.46. The Morgan fingerprint density at radius 2 is 1.52 bits per heavy atom. The predicted molar refractivity (Wildman–Crippen MR) is 84.2 cm³/mol. The minimum absolute atomic E-state index is 0. The van der Waals surface area contributed by atoms with Gasteiger partial charge in [0.2, 0.25) is 0 Å². The summed E-state index contributed by atoms with van der Waals surface area (Å²) in [4.78, 5) is 4.14. The van der Waals surface area contributed by atoms with E-state index in [1.807, 2.05) is 23.7 Å². The van der Waals surface area contributed by atoms with Crippen LogP contribution in [0, 0.1) is 0 Å². The monoisotopic (exact) mass is 363 g/mol. The van der Waals surface area contributed by atoms with Gasteiger partial charge in [-0.2, -0.15) is 16.8 Å². The number of para-hydroxylation sites is 1. The fraction of sp³-hybridized carbons (Fsp3) is 0.300. The minimum atomic E-state index is -4.12. The molecule has 2 N–H and O–H groups in total. The summed E-state index contributed by atoms with van der Waals surface area (Å²) in [5, 5.41) is 0. The molecule has 0 atom stereocenters. The second-order valence-corrected chi connectivity index (χ2v) is 7.78. The number of thiazole rings is 1. The molecule has 2 aromatic rings. The van der Waals surface area contributed by atoms with Gasteiger partial charge in [-0.25, -0.2) is 4.98 Å². The average molecular weight is 363 g/mol. The molecule has 2 rings (SSSR count). The maximum absolute atomic E-state index is 10.00. The number of fused-ring (bicyclic) bond motifs is 1. The van der Waals surface area contributed by atoms with Gasteiger partial charge in [0.15, 0.2) is 0 Å². The van der Waals surface area contributed by atoms with Crippen LogP contribution in [0.3, 0.4) is 0 Å². The number of nitrogens with zero attached hydrogens (tertiary/aromatic N) is 1. The van der Waals surface area contributed by atoms with Crippen LogP contribution >= 0.6 is 11.3 Å². The average Bonchev–Trinajstić information content (AvgIpc) is 2.73. The van der Waals surface area contributed by atoms with Crippen molar-refractivity contribution in [2.45, 2.75) is 6.42 Å². The second-order valence-electron chi connectivity index (χ2n) is 3.75. The van der Waals surface area contributed by atoms with Gasteiger partial charge in [0, 0.05) is 0 Å². The van der Waals surface area contributed by atoms with Crippen molar-refractivity contribution < 1.29 is 25.9 Å². The Morgan fingerprint density at radius 3 is 2.00 bits per heavy atom. The van der Waals surface area contributed by atoms with Crippen LogP contribution in [0.15, 0.2) is 29.8 Å². The summed E-state index contributed by atoms with van der Waals surface area (Å²) in [7, 11) is -8.24. The van der Waals surface area contributed by atoms with Gasteiger partial charge >= 0.3 is 29.6 Å². The Labute approximate surface area is 149 Å². The van der Waals surface area contributed by atoms with Crippen molar-refractivity contribution >= 4 is 71.3 Å². The van der Waals surface area contributed by atoms with E-state index in [0.29, 0.717) is 0 Å². The zero-order valence-corrected chi connectivity index (χ0v) is 12.7. The van der Waals surface area contributed by atoms with Crippen LogP contribution in [0.25, 0.3) is 10.2 Å². The smallest absolute Gasteiger partial charge is 0.0812 e. The Hall–Kier alpha value is -0.0700. The Kier molecular flexibility index (Phi) is 9.12. The number of hydrogen-bond donors (Lipinski definition) is 2. The SMILES string of the molecule is O=S(=O)(O)CCCS(=O)(=O)O.[NaH].c1ccc2scnc2c1. The molecule has 114 valence electrons. The molecule has 1 aromatic carbocycles. The van der Waals surface area contributed by atoms with Gasteiger partial charge in [-0.05, 0) is 18.6 Å². The molecule has 0 aliphatic heterocycles. The van der Waals surface area contributed by atoms with Crippen molar-refractivity contribution in [3.05, 3.63) is 29.8 Å². The molecule has 11 heteroatoms. The first-order valence-electron chi connectivity index (χ1n) is 5.36. The number of hydrogen-bond acceptors (Lipinski definition) is 6. The molecule has 21 heavy (non-hydrogen) atoms. The molecule has 7 nitrogen and oxygen atoms in total. The van der Waals surface area contributed by atoms with Crippen LogP contribution in [-0.2, 0) is 20.2 Å². The molecular weight excluding hydrogens is 349 g/mol. The molecule has 0 unspecified atom stereocenters. The van der Waals surface area contributed by atoms with Crippen LogP contribution < -0.4 is 0 Å². The van der Waals surface area contributed by atoms with Crippen LogP contribution in [-0.4, -0.2) is 72.0 Å². The van der Waals surface area contributed by atoms with E-state index in [1.54, 1.807) is 11.3 Å². The van der Waals surface area contributed by atoms with Gasteiger partial charge in [0.1, 0.15) is 0 Å². The van der Waals surface area contributed by atoms with Gasteiger partial charge < -0.3 is 0 Å². The van der Waals surface area contributed by atoms with Crippen LogP contribution in [0.5, 0.6) is 0 Å². The maximum atomic E-state index is 10.00. The molecular formula is C10H14NNaO6S3. The van der Waals surface area contributed by atoms with Gasteiger partial charge in [-0.15, -0.1) is 11.3 Å². The third kappa shape index (κ3) is 10.3. The van der Waals surface area contributed by atoms with E-state index in [9.17, 15) is 16.8 Å². The zero-order chi connectivity index (χ0) is 15.2. The Bertz CT molecular complexity index is 694. The van der Waals surface area contributed by atoms with Crippen molar-refractivity contribution in [1.29, 1.82) is 0 Å². The van der Waals surface area contributed by atoms with Crippen molar-refractivity contribution in [1.82, 2.24) is 4.98 Å². The second kappa shape index (κ2) is 9.16. The normalized spacial score (nSPS) is 11.3. The van der Waals surface area contributed by atoms with Crippen LogP contribution in [0.4, 0.5) is 0 Å². The first-order chi connectivity index (χ1) is 9.17. The van der Waals surface area contributed by atoms with E-state index in [0.717, 1.165) is 5.52 Å². The Morgan fingerprint density at radius 1 is 1.00 bits per heavy atom. The fourth-order valence-corrected chi connectivity index (χ4v) is 3.11. The third-order valence-electron chi connectivity index (χ3n) is 2.04. The van der Waals surface area contributed by atoms with Crippen molar-refractivity contribution in [3.63, 3.8) is 0 Å². The molecule has 1 heterocycles. The molecule has 0 saturated carbocycles. The molecule has 0 radical (unpaired) electrons. The molecule has 0 aliphatic carbocycles. The van der Waals surface area contributed by atoms with Gasteiger partial charge in [-0.1, -0.05) is 12.1 Å². The quantitative estimate of drug-likeness (QED) is 0.608. The van der Waals surface area contributed by atoms with Gasteiger partial charge in [-0.3, -0.25) is 9.11 Å². The number of rotatable bonds is 4. The number of benzene rings is 1. The Balaban J connectivity index is 0.000000367. The maximum Gasteiger partial charge on any atom is 0.0812 e. The standard InChI is InChI=1S/C7H5NS.C3H8O6S2.Na.H/c1-2-4-7-6(3-1)8-5-9-7;4-10(5,6)2-1-3-11(7,8)9;;/h1-5H;1-3H2,(H,4,5,6)(H,7,8,9);;. The van der Waals surface area contributed by atoms with Crippen molar-refractivity contribution in [2.75, 3.05) is 11.5 Å². The van der Waals surface area contributed by atoms with Gasteiger partial charge in [0.25, 0.3) is 20.2 Å². The summed E-state index contributed by atoms with van der Waals surface area (Å²) in [6.07, 6.45) is -0.308. The van der Waals surface area contributed by atoms with Crippen LogP contribution in [0.1, 0.15) is 6.42 Å². The predicted octanol–water partition coefficient (Wildman–Crippen LogP) is 0.800. The van der Waals surface area contributed by atoms with Gasteiger partial charge in [0.05, 0.1) is 27.2 Å². The first kappa shape index (κ1) is 20.9. The zero-order valence-electron chi connectivity index (χ0n) is 10.2. The summed E-state index contributed by atoms with van der Waals surface area (Å²) in [6.45, 7) is 0. The first-order valence-corrected chi connectivity index (χ1v) is 9.46. The summed E-state index contributed by atoms with van der Waals surface area (Å²) < 4.78 is 57.5. The van der Waals surface area contributed by atoms with E-state index < -0.39 is 31.7 Å². The molecule has 1 aromatic heterocycles. The van der Waals surface area contributed by atoms with Crippen molar-refractivity contribution in [3.8, 4) is 0 Å². The summed E-state index contributed by atoms with van der Waals surface area (Å²) in [6, 6.07) is 8.13. The van der Waals surface area contributed by atoms with E-state index in [4.69, 9.17) is 9.11 Å². The molecule has 0 saturated heterocycles. The molecule has 0 aliphatic rings. The molecule has 0 amide bonds. The van der Waals surface area contributed by atoms with Crippen LogP contribution in [0.2, 0.25) is 0 Å². The topological polar surface area (TPSA) is 122 Å². The largest absolute Gasteiger partial charge is 0.245 e. The summed E-state index contributed by atoms with van der Waals surface area (Å²) in [5.41, 5.74) is 2.97. The minimum Gasteiger partial charge on any atom is -0.245 e. The summed E-state index contributed by atoms with van der Waals surface area (Å²) in [5.74, 6) is -1.32. The molecule has 0 spiro atoms. The van der Waals surface area contributed by atoms with E-state index in [-0.39, 0.29) is 36.0 Å². The van der Waals surface area contributed by atoms with Crippen molar-refractivity contribution in [2.24, 2.45) is 0 Å².